The van der Waals surface area contributed by atoms with Gasteiger partial charge < -0.3 is 24.4 Å². The fourth-order valence-corrected chi connectivity index (χ4v) is 2.11. The van der Waals surface area contributed by atoms with Crippen LogP contribution in [0.25, 0.3) is 0 Å². The predicted octanol–water partition coefficient (Wildman–Crippen LogP) is 2.05. The molecule has 0 rings (SSSR count). The van der Waals surface area contributed by atoms with E-state index in [2.05, 4.69) is 0 Å². The van der Waals surface area contributed by atoms with Crippen molar-refractivity contribution in [2.24, 2.45) is 0 Å². The first kappa shape index (κ1) is 18.8. The molecule has 5 heteroatoms. The van der Waals surface area contributed by atoms with Crippen molar-refractivity contribution in [2.45, 2.75) is 65.0 Å². The third kappa shape index (κ3) is 8.55. The van der Waals surface area contributed by atoms with Gasteiger partial charge in [0.15, 0.2) is 12.1 Å². The van der Waals surface area contributed by atoms with E-state index in [-0.39, 0.29) is 6.61 Å². The first-order valence-corrected chi connectivity index (χ1v) is 7.32. The highest BCUT2D eigenvalue weighted by Crippen LogP contribution is 2.27. The standard InChI is InChI=1S/C14H30O5/c1-4-17-13(16)9-11-14(18-5-2,19-6-3)10-7-8-12-15/h13,15-16H,4-12H2,1-3H3. The lowest BCUT2D eigenvalue weighted by Gasteiger charge is -2.34. The van der Waals surface area contributed by atoms with Gasteiger partial charge in [-0.1, -0.05) is 0 Å². The van der Waals surface area contributed by atoms with Crippen LogP contribution in [0.1, 0.15) is 52.9 Å². The summed E-state index contributed by atoms with van der Waals surface area (Å²) in [5, 5.41) is 18.5. The molecule has 0 aliphatic carbocycles. The molecule has 0 aromatic carbocycles. The third-order valence-electron chi connectivity index (χ3n) is 2.91. The van der Waals surface area contributed by atoms with E-state index in [4.69, 9.17) is 19.3 Å². The van der Waals surface area contributed by atoms with E-state index in [0.29, 0.717) is 39.1 Å². The van der Waals surface area contributed by atoms with Crippen LogP contribution in [0.3, 0.4) is 0 Å². The van der Waals surface area contributed by atoms with Gasteiger partial charge in [0.25, 0.3) is 0 Å². The Bertz CT molecular complexity index is 192. The predicted molar refractivity (Wildman–Crippen MR) is 73.8 cm³/mol. The summed E-state index contributed by atoms with van der Waals surface area (Å²) in [6, 6.07) is 0. The number of aliphatic hydroxyl groups excluding tert-OH is 2. The second-order valence-electron chi connectivity index (χ2n) is 4.41. The molecule has 116 valence electrons. The van der Waals surface area contributed by atoms with Crippen LogP contribution >= 0.6 is 0 Å². The lowest BCUT2D eigenvalue weighted by Crippen LogP contribution is -2.37. The Morgan fingerprint density at radius 1 is 0.947 bits per heavy atom. The van der Waals surface area contributed by atoms with Gasteiger partial charge in [0.05, 0.1) is 0 Å². The van der Waals surface area contributed by atoms with Crippen LogP contribution in [0, 0.1) is 0 Å². The summed E-state index contributed by atoms with van der Waals surface area (Å²) in [5.74, 6) is -0.670. The molecule has 0 aromatic rings. The summed E-state index contributed by atoms with van der Waals surface area (Å²) in [6.07, 6.45) is 2.57. The molecular weight excluding hydrogens is 248 g/mol. The molecule has 0 aromatic heterocycles. The van der Waals surface area contributed by atoms with Crippen LogP contribution in [-0.2, 0) is 14.2 Å². The fourth-order valence-electron chi connectivity index (χ4n) is 2.11. The molecule has 0 aliphatic rings. The minimum Gasteiger partial charge on any atom is -0.396 e. The number of unbranched alkanes of at least 4 members (excludes halogenated alkanes) is 1. The van der Waals surface area contributed by atoms with Crippen molar-refractivity contribution in [2.75, 3.05) is 26.4 Å². The molecule has 1 atom stereocenters. The average Bonchev–Trinajstić information content (AvgIpc) is 2.38. The molecule has 5 nitrogen and oxygen atoms in total. The summed E-state index contributed by atoms with van der Waals surface area (Å²) in [5.41, 5.74) is 0. The first-order chi connectivity index (χ1) is 9.14. The molecule has 0 heterocycles. The second-order valence-corrected chi connectivity index (χ2v) is 4.41. The quantitative estimate of drug-likeness (QED) is 0.399. The van der Waals surface area contributed by atoms with Gasteiger partial charge in [-0.05, 0) is 33.6 Å². The largest absolute Gasteiger partial charge is 0.396 e. The zero-order valence-electron chi connectivity index (χ0n) is 12.6. The molecule has 0 fully saturated rings. The van der Waals surface area contributed by atoms with E-state index in [1.807, 2.05) is 20.8 Å². The number of ether oxygens (including phenoxy) is 3. The maximum Gasteiger partial charge on any atom is 0.168 e. The van der Waals surface area contributed by atoms with Crippen molar-refractivity contribution in [3.63, 3.8) is 0 Å². The lowest BCUT2D eigenvalue weighted by molar-refractivity contribution is -0.249. The highest BCUT2D eigenvalue weighted by atomic mass is 16.7. The van der Waals surface area contributed by atoms with E-state index in [9.17, 15) is 5.11 Å². The molecule has 1 unspecified atom stereocenters. The van der Waals surface area contributed by atoms with Crippen LogP contribution in [0.4, 0.5) is 0 Å². The Kier molecular flexibility index (Phi) is 11.5. The molecule has 0 bridgehead atoms. The number of hydrogen-bond donors (Lipinski definition) is 2. The van der Waals surface area contributed by atoms with Gasteiger partial charge in [-0.25, -0.2) is 0 Å². The van der Waals surface area contributed by atoms with E-state index in [0.717, 1.165) is 12.8 Å². The first-order valence-electron chi connectivity index (χ1n) is 7.32. The van der Waals surface area contributed by atoms with Crippen LogP contribution in [-0.4, -0.2) is 48.7 Å². The minimum absolute atomic E-state index is 0.176. The van der Waals surface area contributed by atoms with E-state index in [1.165, 1.54) is 0 Å². The van der Waals surface area contributed by atoms with Gasteiger partial charge in [-0.15, -0.1) is 0 Å². The molecule has 19 heavy (non-hydrogen) atoms. The molecule has 0 saturated heterocycles. The van der Waals surface area contributed by atoms with Gasteiger partial charge in [0.1, 0.15) is 0 Å². The summed E-state index contributed by atoms with van der Waals surface area (Å²) >= 11 is 0. The van der Waals surface area contributed by atoms with Crippen molar-refractivity contribution < 1.29 is 24.4 Å². The maximum absolute atomic E-state index is 9.65. The summed E-state index contributed by atoms with van der Waals surface area (Å²) in [7, 11) is 0. The molecule has 2 N–H and O–H groups in total. The highest BCUT2D eigenvalue weighted by Gasteiger charge is 2.31. The number of hydrogen-bond acceptors (Lipinski definition) is 5. The molecular formula is C14H30O5. The van der Waals surface area contributed by atoms with E-state index in [1.54, 1.807) is 0 Å². The average molecular weight is 278 g/mol. The van der Waals surface area contributed by atoms with Crippen LogP contribution in [0.5, 0.6) is 0 Å². The third-order valence-corrected chi connectivity index (χ3v) is 2.91. The van der Waals surface area contributed by atoms with E-state index >= 15 is 0 Å². The minimum atomic E-state index is -0.775. The zero-order valence-corrected chi connectivity index (χ0v) is 12.6. The Hall–Kier alpha value is -0.200. The van der Waals surface area contributed by atoms with Crippen LogP contribution in [0.2, 0.25) is 0 Å². The van der Waals surface area contributed by atoms with Crippen LogP contribution < -0.4 is 0 Å². The fraction of sp³-hybridized carbons (Fsp3) is 1.00. The molecule has 0 spiro atoms. The van der Waals surface area contributed by atoms with Gasteiger partial charge >= 0.3 is 0 Å². The van der Waals surface area contributed by atoms with Gasteiger partial charge in [0.2, 0.25) is 0 Å². The van der Waals surface area contributed by atoms with Gasteiger partial charge in [-0.2, -0.15) is 0 Å². The van der Waals surface area contributed by atoms with Gasteiger partial charge in [-0.3, -0.25) is 0 Å². The molecule has 0 radical (unpaired) electrons. The highest BCUT2D eigenvalue weighted by molar-refractivity contribution is 4.71. The molecule has 0 aliphatic heterocycles. The Morgan fingerprint density at radius 3 is 2.05 bits per heavy atom. The number of aliphatic hydroxyl groups is 2. The molecule has 0 saturated carbocycles. The van der Waals surface area contributed by atoms with Gasteiger partial charge in [0, 0.05) is 45.7 Å². The Balaban J connectivity index is 4.41. The van der Waals surface area contributed by atoms with Crippen molar-refractivity contribution in [1.82, 2.24) is 0 Å². The smallest absolute Gasteiger partial charge is 0.168 e. The maximum atomic E-state index is 9.65. The monoisotopic (exact) mass is 278 g/mol. The molecule has 0 amide bonds. The lowest BCUT2D eigenvalue weighted by atomic mass is 10.0. The number of rotatable bonds is 13. The SMILES string of the molecule is CCOC(O)CCC(CCCCO)(OCC)OCC. The van der Waals surface area contributed by atoms with Crippen molar-refractivity contribution in [3.05, 3.63) is 0 Å². The normalized spacial score (nSPS) is 13.7. The van der Waals surface area contributed by atoms with E-state index < -0.39 is 12.1 Å². The zero-order chi connectivity index (χ0) is 14.6. The topological polar surface area (TPSA) is 68.2 Å². The van der Waals surface area contributed by atoms with Crippen molar-refractivity contribution >= 4 is 0 Å². The van der Waals surface area contributed by atoms with Crippen molar-refractivity contribution in [1.29, 1.82) is 0 Å². The Morgan fingerprint density at radius 2 is 1.58 bits per heavy atom. The Labute approximate surface area is 116 Å². The summed E-state index contributed by atoms with van der Waals surface area (Å²) in [6.45, 7) is 7.49. The summed E-state index contributed by atoms with van der Waals surface area (Å²) < 4.78 is 16.7. The van der Waals surface area contributed by atoms with Crippen LogP contribution in [0.15, 0.2) is 0 Å². The van der Waals surface area contributed by atoms with Crippen molar-refractivity contribution in [3.8, 4) is 0 Å². The summed E-state index contributed by atoms with van der Waals surface area (Å²) in [4.78, 5) is 0. The second kappa shape index (κ2) is 11.6.